The molecule has 24 heavy (non-hydrogen) atoms. The highest BCUT2D eigenvalue weighted by atomic mass is 32.2. The first kappa shape index (κ1) is 16.5. The summed E-state index contributed by atoms with van der Waals surface area (Å²) < 4.78 is 34.1. The summed E-state index contributed by atoms with van der Waals surface area (Å²) in [6.45, 7) is 0.692. The zero-order valence-corrected chi connectivity index (χ0v) is 13.9. The van der Waals surface area contributed by atoms with Gasteiger partial charge in [0.15, 0.2) is 0 Å². The van der Waals surface area contributed by atoms with Crippen LogP contribution in [0.15, 0.2) is 41.4 Å². The van der Waals surface area contributed by atoms with Gasteiger partial charge in [-0.25, -0.2) is 17.9 Å². The van der Waals surface area contributed by atoms with Crippen molar-refractivity contribution in [2.75, 3.05) is 12.4 Å². The van der Waals surface area contributed by atoms with Gasteiger partial charge >= 0.3 is 6.09 Å². The lowest BCUT2D eigenvalue weighted by Gasteiger charge is -2.24. The number of carbonyl (C=O) groups excluding carboxylic acids is 1. The number of rotatable bonds is 4. The van der Waals surface area contributed by atoms with Gasteiger partial charge in [0.2, 0.25) is 10.0 Å². The molecule has 0 fully saturated rings. The average molecular weight is 350 g/mol. The van der Waals surface area contributed by atoms with E-state index >= 15 is 0 Å². The molecule has 9 heteroatoms. The van der Waals surface area contributed by atoms with Crippen LogP contribution >= 0.6 is 0 Å². The Kier molecular flexibility index (Phi) is 4.54. The highest BCUT2D eigenvalue weighted by molar-refractivity contribution is 7.89. The van der Waals surface area contributed by atoms with Crippen LogP contribution in [0.3, 0.4) is 0 Å². The van der Waals surface area contributed by atoms with Crippen molar-refractivity contribution in [2.24, 2.45) is 0 Å². The monoisotopic (exact) mass is 350 g/mol. The lowest BCUT2D eigenvalue weighted by Crippen LogP contribution is -2.40. The number of aryl methyl sites for hydroxylation is 1. The smallest absolute Gasteiger partial charge is 0.411 e. The number of benzene rings is 1. The molecule has 1 aliphatic heterocycles. The van der Waals surface area contributed by atoms with E-state index in [1.165, 1.54) is 31.4 Å². The molecule has 0 spiro atoms. The molecule has 0 radical (unpaired) electrons. The number of hydrogen-bond acceptors (Lipinski definition) is 5. The summed E-state index contributed by atoms with van der Waals surface area (Å²) in [6, 6.07) is 7.66. The largest absolute Gasteiger partial charge is 0.453 e. The van der Waals surface area contributed by atoms with E-state index in [4.69, 9.17) is 0 Å². The molecule has 1 aliphatic rings. The minimum absolute atomic E-state index is 0.150. The number of amides is 1. The first-order valence-electron chi connectivity index (χ1n) is 7.46. The van der Waals surface area contributed by atoms with Gasteiger partial charge in [-0.05, 0) is 36.8 Å². The summed E-state index contributed by atoms with van der Waals surface area (Å²) in [5.74, 6) is 0. The van der Waals surface area contributed by atoms with Gasteiger partial charge in [0.1, 0.15) is 0 Å². The van der Waals surface area contributed by atoms with E-state index < -0.39 is 16.1 Å². The quantitative estimate of drug-likeness (QED) is 0.867. The Hall–Kier alpha value is -2.39. The van der Waals surface area contributed by atoms with Crippen molar-refractivity contribution in [1.29, 1.82) is 0 Å². The molecule has 0 saturated heterocycles. The third-order valence-electron chi connectivity index (χ3n) is 3.87. The van der Waals surface area contributed by atoms with Crippen molar-refractivity contribution >= 4 is 21.8 Å². The number of aromatic nitrogens is 2. The van der Waals surface area contributed by atoms with Crippen molar-refractivity contribution in [3.63, 3.8) is 0 Å². The number of nitrogens with one attached hydrogen (secondary N) is 2. The van der Waals surface area contributed by atoms with E-state index in [1.807, 2.05) is 10.7 Å². The molecule has 2 aromatic rings. The van der Waals surface area contributed by atoms with Crippen LogP contribution in [0.5, 0.6) is 0 Å². The molecule has 2 heterocycles. The van der Waals surface area contributed by atoms with Crippen molar-refractivity contribution in [3.8, 4) is 0 Å². The van der Waals surface area contributed by atoms with Crippen LogP contribution < -0.4 is 10.0 Å². The van der Waals surface area contributed by atoms with Crippen molar-refractivity contribution in [2.45, 2.75) is 30.3 Å². The molecule has 3 rings (SSSR count). The third-order valence-corrected chi connectivity index (χ3v) is 5.40. The second-order valence-corrected chi connectivity index (χ2v) is 7.21. The number of sulfonamides is 1. The first-order valence-corrected chi connectivity index (χ1v) is 8.94. The number of anilines is 1. The molecular weight excluding hydrogens is 332 g/mol. The van der Waals surface area contributed by atoms with Gasteiger partial charge in [0.05, 0.1) is 12.0 Å². The van der Waals surface area contributed by atoms with Gasteiger partial charge < -0.3 is 4.74 Å². The third kappa shape index (κ3) is 3.57. The normalized spacial score (nSPS) is 17.1. The molecule has 128 valence electrons. The van der Waals surface area contributed by atoms with Crippen molar-refractivity contribution in [1.82, 2.24) is 14.5 Å². The van der Waals surface area contributed by atoms with Crippen LogP contribution in [0.2, 0.25) is 0 Å². The van der Waals surface area contributed by atoms with Crippen LogP contribution in [-0.2, 0) is 27.7 Å². The maximum absolute atomic E-state index is 12.5. The molecular formula is C15H18N4O4S. The minimum Gasteiger partial charge on any atom is -0.453 e. The molecule has 0 bridgehead atoms. The Morgan fingerprint density at radius 3 is 2.75 bits per heavy atom. The Bertz CT molecular complexity index is 829. The second-order valence-electron chi connectivity index (χ2n) is 5.50. The van der Waals surface area contributed by atoms with Crippen LogP contribution in [0.25, 0.3) is 0 Å². The standard InChI is InChI=1S/C15H18N4O4S/c1-23-15(20)17-11-2-4-14(5-3-11)24(21,22)18-12-7-9-19-13(10-12)6-8-16-19/h2-6,8,12,18H,7,9-10H2,1H3,(H,17,20)/t12-/m0/s1. The van der Waals surface area contributed by atoms with Crippen LogP contribution in [0.1, 0.15) is 12.1 Å². The van der Waals surface area contributed by atoms with Crippen LogP contribution in [-0.4, -0.2) is 37.4 Å². The topological polar surface area (TPSA) is 102 Å². The fourth-order valence-electron chi connectivity index (χ4n) is 2.64. The van der Waals surface area contributed by atoms with Crippen LogP contribution in [0, 0.1) is 0 Å². The van der Waals surface area contributed by atoms with E-state index in [9.17, 15) is 13.2 Å². The predicted octanol–water partition coefficient (Wildman–Crippen LogP) is 1.35. The Labute approximate surface area is 139 Å². The van der Waals surface area contributed by atoms with Crippen molar-refractivity contribution in [3.05, 3.63) is 42.2 Å². The number of carbonyl (C=O) groups is 1. The number of nitrogens with zero attached hydrogens (tertiary/aromatic N) is 2. The first-order chi connectivity index (χ1) is 11.5. The lowest BCUT2D eigenvalue weighted by atomic mass is 10.1. The number of ether oxygens (including phenoxy) is 1. The second kappa shape index (κ2) is 6.62. The maximum atomic E-state index is 12.5. The van der Waals surface area contributed by atoms with Gasteiger partial charge in [-0.3, -0.25) is 10.00 Å². The minimum atomic E-state index is -3.62. The summed E-state index contributed by atoms with van der Waals surface area (Å²) >= 11 is 0. The summed E-state index contributed by atoms with van der Waals surface area (Å²) in [7, 11) is -2.36. The van der Waals surface area contributed by atoms with Gasteiger partial charge in [-0.15, -0.1) is 0 Å². The van der Waals surface area contributed by atoms with E-state index in [-0.39, 0.29) is 10.9 Å². The number of fused-ring (bicyclic) bond motifs is 1. The Morgan fingerprint density at radius 2 is 2.04 bits per heavy atom. The molecule has 1 aromatic heterocycles. The molecule has 1 amide bonds. The Balaban J connectivity index is 1.68. The SMILES string of the molecule is COC(=O)Nc1ccc(S(=O)(=O)N[C@H]2CCn3nccc3C2)cc1. The molecule has 0 aliphatic carbocycles. The number of methoxy groups -OCH3 is 1. The molecule has 2 N–H and O–H groups in total. The van der Waals surface area contributed by atoms with Gasteiger partial charge in [0.25, 0.3) is 0 Å². The maximum Gasteiger partial charge on any atom is 0.411 e. The Morgan fingerprint density at radius 1 is 1.29 bits per heavy atom. The fourth-order valence-corrected chi connectivity index (χ4v) is 3.91. The summed E-state index contributed by atoms with van der Waals surface area (Å²) in [5.41, 5.74) is 1.48. The van der Waals surface area contributed by atoms with Gasteiger partial charge in [-0.2, -0.15) is 5.10 Å². The average Bonchev–Trinajstić information content (AvgIpc) is 3.02. The highest BCUT2D eigenvalue weighted by Crippen LogP contribution is 2.18. The van der Waals surface area contributed by atoms with E-state index in [1.54, 1.807) is 6.20 Å². The zero-order valence-electron chi connectivity index (χ0n) is 13.1. The van der Waals surface area contributed by atoms with E-state index in [0.717, 1.165) is 5.69 Å². The molecule has 1 aromatic carbocycles. The lowest BCUT2D eigenvalue weighted by molar-refractivity contribution is 0.187. The van der Waals surface area contributed by atoms with E-state index in [0.29, 0.717) is 25.1 Å². The summed E-state index contributed by atoms with van der Waals surface area (Å²) in [5, 5.41) is 6.65. The zero-order chi connectivity index (χ0) is 17.2. The molecule has 0 saturated carbocycles. The molecule has 0 unspecified atom stereocenters. The molecule has 1 atom stereocenters. The van der Waals surface area contributed by atoms with E-state index in [2.05, 4.69) is 19.9 Å². The van der Waals surface area contributed by atoms with Gasteiger partial charge in [-0.1, -0.05) is 0 Å². The fraction of sp³-hybridized carbons (Fsp3) is 0.333. The highest BCUT2D eigenvalue weighted by Gasteiger charge is 2.24. The molecule has 8 nitrogen and oxygen atoms in total. The predicted molar refractivity (Wildman–Crippen MR) is 87.1 cm³/mol. The number of hydrogen-bond donors (Lipinski definition) is 2. The van der Waals surface area contributed by atoms with Crippen LogP contribution in [0.4, 0.5) is 10.5 Å². The van der Waals surface area contributed by atoms with Crippen molar-refractivity contribution < 1.29 is 17.9 Å². The summed E-state index contributed by atoms with van der Waals surface area (Å²) in [4.78, 5) is 11.3. The van der Waals surface area contributed by atoms with Gasteiger partial charge in [0, 0.05) is 36.6 Å². The summed E-state index contributed by atoms with van der Waals surface area (Å²) in [6.07, 6.45) is 2.42.